The first-order chi connectivity index (χ1) is 15.9. The highest BCUT2D eigenvalue weighted by atomic mass is 16.5. The lowest BCUT2D eigenvalue weighted by Crippen LogP contribution is -2.44. The molecule has 1 saturated heterocycles. The van der Waals surface area contributed by atoms with Crippen molar-refractivity contribution in [3.05, 3.63) is 72.3 Å². The average molecular weight is 444 g/mol. The zero-order valence-corrected chi connectivity index (χ0v) is 18.7. The number of aromatic amines is 1. The number of imidazole rings is 1. The molecule has 1 unspecified atom stereocenters. The van der Waals surface area contributed by atoms with Gasteiger partial charge in [-0.3, -0.25) is 4.79 Å². The minimum Gasteiger partial charge on any atom is -0.497 e. The number of rotatable bonds is 5. The van der Waals surface area contributed by atoms with Gasteiger partial charge in [0.05, 0.1) is 48.9 Å². The summed E-state index contributed by atoms with van der Waals surface area (Å²) >= 11 is 0. The first-order valence-electron chi connectivity index (χ1n) is 10.5. The lowest BCUT2D eigenvalue weighted by atomic mass is 9.95. The molecule has 1 aliphatic rings. The molecule has 1 fully saturated rings. The number of H-pyrrole nitrogens is 1. The predicted molar refractivity (Wildman–Crippen MR) is 123 cm³/mol. The number of fused-ring (bicyclic) bond motifs is 1. The molecule has 0 spiro atoms. The largest absolute Gasteiger partial charge is 0.497 e. The second-order valence-corrected chi connectivity index (χ2v) is 8.26. The molecule has 3 heterocycles. The zero-order valence-electron chi connectivity index (χ0n) is 18.7. The summed E-state index contributed by atoms with van der Waals surface area (Å²) in [5, 5.41) is 8.42. The van der Waals surface area contributed by atoms with E-state index >= 15 is 0 Å². The van der Waals surface area contributed by atoms with Crippen molar-refractivity contribution in [1.82, 2.24) is 29.9 Å². The maximum Gasteiger partial charge on any atom is 0.257 e. The number of benzene rings is 2. The quantitative estimate of drug-likeness (QED) is 0.473. The predicted octanol–water partition coefficient (Wildman–Crippen LogP) is 3.48. The third-order valence-electron chi connectivity index (χ3n) is 6.08. The van der Waals surface area contributed by atoms with Crippen molar-refractivity contribution in [1.29, 1.82) is 0 Å². The van der Waals surface area contributed by atoms with E-state index in [9.17, 15) is 4.79 Å². The Morgan fingerprint density at radius 3 is 2.52 bits per heavy atom. The molecule has 5 rings (SSSR count). The van der Waals surface area contributed by atoms with Gasteiger partial charge in [0.1, 0.15) is 22.9 Å². The maximum atomic E-state index is 14.0. The summed E-state index contributed by atoms with van der Waals surface area (Å²) in [6, 6.07) is 10.9. The minimum atomic E-state index is -0.710. The van der Waals surface area contributed by atoms with Gasteiger partial charge < -0.3 is 19.4 Å². The molecular weight excluding hydrogens is 420 g/mol. The van der Waals surface area contributed by atoms with Crippen molar-refractivity contribution in [3.8, 4) is 17.2 Å². The van der Waals surface area contributed by atoms with Crippen LogP contribution in [0.3, 0.4) is 0 Å². The van der Waals surface area contributed by atoms with Crippen LogP contribution in [-0.2, 0) is 5.54 Å². The molecule has 2 aromatic carbocycles. The Balaban J connectivity index is 1.60. The molecule has 1 N–H and O–H groups in total. The van der Waals surface area contributed by atoms with Crippen LogP contribution in [-0.4, -0.2) is 56.5 Å². The third-order valence-corrected chi connectivity index (χ3v) is 6.08. The van der Waals surface area contributed by atoms with Gasteiger partial charge in [-0.15, -0.1) is 0 Å². The van der Waals surface area contributed by atoms with E-state index in [4.69, 9.17) is 14.5 Å². The Kier molecular flexibility index (Phi) is 4.88. The normalized spacial score (nSPS) is 18.2. The Hall–Kier alpha value is -4.14. The molecule has 33 heavy (non-hydrogen) atoms. The van der Waals surface area contributed by atoms with Gasteiger partial charge in [0.2, 0.25) is 0 Å². The van der Waals surface area contributed by atoms with Gasteiger partial charge in [0.25, 0.3) is 5.91 Å². The topological polar surface area (TPSA) is 98.2 Å². The number of carbonyl (C=O) groups excluding carboxylic acids is 1. The molecule has 0 radical (unpaired) electrons. The number of hydrogen-bond acceptors (Lipinski definition) is 6. The van der Waals surface area contributed by atoms with Gasteiger partial charge in [-0.1, -0.05) is 12.2 Å². The fourth-order valence-corrected chi connectivity index (χ4v) is 4.39. The van der Waals surface area contributed by atoms with Crippen LogP contribution < -0.4 is 9.47 Å². The highest BCUT2D eigenvalue weighted by Gasteiger charge is 2.46. The summed E-state index contributed by atoms with van der Waals surface area (Å²) in [7, 11) is 3.20. The number of aromatic nitrogens is 5. The van der Waals surface area contributed by atoms with Gasteiger partial charge in [0, 0.05) is 19.0 Å². The van der Waals surface area contributed by atoms with Gasteiger partial charge in [-0.2, -0.15) is 15.0 Å². The first-order valence-corrected chi connectivity index (χ1v) is 10.5. The van der Waals surface area contributed by atoms with E-state index in [1.807, 2.05) is 25.1 Å². The summed E-state index contributed by atoms with van der Waals surface area (Å²) in [6.07, 6.45) is 3.74. The molecule has 0 aliphatic carbocycles. The monoisotopic (exact) mass is 444 g/mol. The summed E-state index contributed by atoms with van der Waals surface area (Å²) < 4.78 is 10.7. The molecule has 4 aromatic rings. The molecule has 0 saturated carbocycles. The molecule has 168 valence electrons. The number of likely N-dealkylation sites (tertiary alicyclic amines) is 1. The Labute approximate surface area is 190 Å². The number of amides is 1. The average Bonchev–Trinajstić information content (AvgIpc) is 3.56. The van der Waals surface area contributed by atoms with E-state index in [0.717, 1.165) is 22.4 Å². The molecule has 1 amide bonds. The highest BCUT2D eigenvalue weighted by molar-refractivity contribution is 5.99. The van der Waals surface area contributed by atoms with Crippen molar-refractivity contribution < 1.29 is 14.3 Å². The molecule has 1 atom stereocenters. The molecule has 9 heteroatoms. The highest BCUT2D eigenvalue weighted by Crippen LogP contribution is 2.41. The van der Waals surface area contributed by atoms with Crippen LogP contribution in [0.1, 0.15) is 29.5 Å². The van der Waals surface area contributed by atoms with Gasteiger partial charge >= 0.3 is 0 Å². The Bertz CT molecular complexity index is 1360. The van der Waals surface area contributed by atoms with E-state index < -0.39 is 5.54 Å². The van der Waals surface area contributed by atoms with Gasteiger partial charge in [-0.25, -0.2) is 4.98 Å². The van der Waals surface area contributed by atoms with Crippen LogP contribution in [0.25, 0.3) is 16.7 Å². The van der Waals surface area contributed by atoms with E-state index in [0.29, 0.717) is 35.8 Å². The van der Waals surface area contributed by atoms with E-state index in [-0.39, 0.29) is 5.91 Å². The van der Waals surface area contributed by atoms with Crippen LogP contribution in [0.5, 0.6) is 11.5 Å². The Morgan fingerprint density at radius 2 is 1.79 bits per heavy atom. The summed E-state index contributed by atoms with van der Waals surface area (Å²) in [6.45, 7) is 6.60. The van der Waals surface area contributed by atoms with Gasteiger partial charge in [-0.05, 0) is 37.3 Å². The fraction of sp³-hybridized carbons (Fsp3) is 0.250. The van der Waals surface area contributed by atoms with Crippen LogP contribution >= 0.6 is 0 Å². The van der Waals surface area contributed by atoms with Gasteiger partial charge in [0.15, 0.2) is 0 Å². The van der Waals surface area contributed by atoms with Crippen molar-refractivity contribution in [2.24, 2.45) is 0 Å². The SMILES string of the molecule is C=C1CN(C(=O)c2cc(OC)ccc2-n2nccn2)C(C)(c2nc3ccc(OC)cc3[nH]2)C1. The summed E-state index contributed by atoms with van der Waals surface area (Å²) in [4.78, 5) is 25.4. The molecule has 9 nitrogen and oxygen atoms in total. The van der Waals surface area contributed by atoms with Crippen molar-refractivity contribution >= 4 is 16.9 Å². The van der Waals surface area contributed by atoms with Crippen molar-refractivity contribution in [2.75, 3.05) is 20.8 Å². The molecular formula is C24H24N6O3. The van der Waals surface area contributed by atoms with E-state index in [2.05, 4.69) is 21.8 Å². The van der Waals surface area contributed by atoms with Crippen molar-refractivity contribution in [2.45, 2.75) is 18.9 Å². The number of nitrogens with zero attached hydrogens (tertiary/aromatic N) is 5. The Morgan fingerprint density at radius 1 is 1.09 bits per heavy atom. The third kappa shape index (κ3) is 3.42. The maximum absolute atomic E-state index is 14.0. The van der Waals surface area contributed by atoms with Crippen LogP contribution in [0.2, 0.25) is 0 Å². The number of nitrogens with one attached hydrogen (secondary N) is 1. The molecule has 1 aliphatic heterocycles. The van der Waals surface area contributed by atoms with Crippen LogP contribution in [0.15, 0.2) is 60.9 Å². The first kappa shape index (κ1) is 20.7. The number of hydrogen-bond donors (Lipinski definition) is 1. The van der Waals surface area contributed by atoms with E-state index in [1.54, 1.807) is 49.7 Å². The fourth-order valence-electron chi connectivity index (χ4n) is 4.39. The number of carbonyl (C=O) groups is 1. The summed E-state index contributed by atoms with van der Waals surface area (Å²) in [5.74, 6) is 1.82. The lowest BCUT2D eigenvalue weighted by Gasteiger charge is -2.33. The lowest BCUT2D eigenvalue weighted by molar-refractivity contribution is 0.0606. The standard InChI is InChI=1S/C24H24N6O3/c1-15-13-24(2,23-27-19-7-5-17(33-4)12-20(19)28-23)29(14-15)22(31)18-11-16(32-3)6-8-21(18)30-25-9-10-26-30/h5-12H,1,13-14H2,2-4H3,(H,27,28). The number of ether oxygens (including phenoxy) is 2. The van der Waals surface area contributed by atoms with Crippen LogP contribution in [0.4, 0.5) is 0 Å². The smallest absolute Gasteiger partial charge is 0.257 e. The zero-order chi connectivity index (χ0) is 23.2. The number of methoxy groups -OCH3 is 2. The molecule has 0 bridgehead atoms. The van der Waals surface area contributed by atoms with E-state index in [1.165, 1.54) is 4.80 Å². The van der Waals surface area contributed by atoms with Crippen molar-refractivity contribution in [3.63, 3.8) is 0 Å². The summed E-state index contributed by atoms with van der Waals surface area (Å²) in [5.41, 5.74) is 2.89. The van der Waals surface area contributed by atoms with Crippen LogP contribution in [0, 0.1) is 0 Å². The second kappa shape index (κ2) is 7.77. The molecule has 2 aromatic heterocycles. The minimum absolute atomic E-state index is 0.180. The second-order valence-electron chi connectivity index (χ2n) is 8.26.